The lowest BCUT2D eigenvalue weighted by atomic mass is 10.4. The Labute approximate surface area is 191 Å². The monoisotopic (exact) mass is 469 g/mol. The molecular weight excluding hydrogens is 450 g/mol. The molecule has 0 aliphatic rings. The summed E-state index contributed by atoms with van der Waals surface area (Å²) in [6.07, 6.45) is 3.86. The molecule has 0 aliphatic carbocycles. The number of nitro groups is 1. The largest absolute Gasteiger partial charge is 0.382 e. The molecule has 34 heavy (non-hydrogen) atoms. The number of carbonyl (C=O) groups excluding carboxylic acids is 3. The van der Waals surface area contributed by atoms with Gasteiger partial charge in [-0.25, -0.2) is 9.59 Å². The molecule has 176 valence electrons. The minimum absolute atomic E-state index is 0.0885. The van der Waals surface area contributed by atoms with Crippen LogP contribution in [0, 0.1) is 21.4 Å². The maximum atomic E-state index is 12.8. The topological polar surface area (TPSA) is 192 Å². The van der Waals surface area contributed by atoms with Crippen molar-refractivity contribution in [1.82, 2.24) is 34.4 Å². The molecule has 3 amide bonds. The number of hydrogen-bond donors (Lipinski definition) is 1. The zero-order valence-corrected chi connectivity index (χ0v) is 18.3. The minimum atomic E-state index is -0.740. The predicted molar refractivity (Wildman–Crippen MR) is 115 cm³/mol. The third-order valence-corrected chi connectivity index (χ3v) is 4.66. The molecule has 0 atom stereocenters. The summed E-state index contributed by atoms with van der Waals surface area (Å²) in [5.74, 6) is -1.21. The van der Waals surface area contributed by atoms with Crippen molar-refractivity contribution in [3.8, 4) is 6.07 Å². The van der Waals surface area contributed by atoms with Gasteiger partial charge in [0.25, 0.3) is 0 Å². The number of hydrogen-bond acceptors (Lipinski definition) is 9. The number of aromatic nitrogens is 6. The van der Waals surface area contributed by atoms with Gasteiger partial charge in [0.2, 0.25) is 0 Å². The Balaban J connectivity index is 1.70. The summed E-state index contributed by atoms with van der Waals surface area (Å²) in [6, 6.07) is 3.70. The second-order valence-electron chi connectivity index (χ2n) is 6.92. The lowest BCUT2D eigenvalue weighted by Gasteiger charge is -2.16. The normalized spacial score (nSPS) is 10.4. The maximum absolute atomic E-state index is 12.8. The van der Waals surface area contributed by atoms with Crippen LogP contribution in [0.25, 0.3) is 0 Å². The molecular formula is C18H19N11O5. The summed E-state index contributed by atoms with van der Waals surface area (Å²) in [7, 11) is 4.32. The Hall–Kier alpha value is -5.07. The van der Waals surface area contributed by atoms with Gasteiger partial charge < -0.3 is 20.0 Å². The van der Waals surface area contributed by atoms with Crippen LogP contribution in [-0.2, 0) is 0 Å². The predicted octanol–water partition coefficient (Wildman–Crippen LogP) is 0.906. The van der Waals surface area contributed by atoms with Gasteiger partial charge in [-0.2, -0.15) is 14.6 Å². The number of nitrogens with zero attached hydrogens (tertiary/aromatic N) is 10. The molecule has 0 fully saturated rings. The van der Waals surface area contributed by atoms with Crippen LogP contribution in [0.5, 0.6) is 0 Å². The van der Waals surface area contributed by atoms with E-state index in [0.29, 0.717) is 0 Å². The van der Waals surface area contributed by atoms with Crippen molar-refractivity contribution in [3.05, 3.63) is 46.7 Å². The second-order valence-corrected chi connectivity index (χ2v) is 6.92. The molecule has 0 bridgehead atoms. The second kappa shape index (κ2) is 9.60. The number of aromatic amines is 1. The number of rotatable bonds is 6. The van der Waals surface area contributed by atoms with E-state index in [1.54, 1.807) is 0 Å². The smallest absolute Gasteiger partial charge is 0.358 e. The van der Waals surface area contributed by atoms with E-state index < -0.39 is 28.7 Å². The van der Waals surface area contributed by atoms with Crippen LogP contribution in [0.15, 0.2) is 30.7 Å². The first-order valence-corrected chi connectivity index (χ1v) is 9.63. The number of amides is 3. The molecule has 0 spiro atoms. The van der Waals surface area contributed by atoms with Gasteiger partial charge in [-0.3, -0.25) is 14.6 Å². The van der Waals surface area contributed by atoms with Gasteiger partial charge in [-0.15, -0.1) is 10.2 Å². The van der Waals surface area contributed by atoms with E-state index in [1.165, 1.54) is 50.6 Å². The number of anilines is 2. The number of nitriles is 1. The zero-order valence-electron chi connectivity index (χ0n) is 18.3. The van der Waals surface area contributed by atoms with E-state index in [2.05, 4.69) is 20.2 Å². The van der Waals surface area contributed by atoms with Crippen LogP contribution in [0.2, 0.25) is 0 Å². The van der Waals surface area contributed by atoms with Crippen molar-refractivity contribution >= 4 is 35.4 Å². The van der Waals surface area contributed by atoms with Gasteiger partial charge in [-0.1, -0.05) is 0 Å². The highest BCUT2D eigenvalue weighted by Gasteiger charge is 2.26. The summed E-state index contributed by atoms with van der Waals surface area (Å²) < 4.78 is 2.00. The average Bonchev–Trinajstić information content (AvgIpc) is 3.60. The summed E-state index contributed by atoms with van der Waals surface area (Å²) in [4.78, 5) is 57.2. The number of carbonyl (C=O) groups is 3. The average molecular weight is 469 g/mol. The molecule has 1 N–H and O–H groups in total. The van der Waals surface area contributed by atoms with E-state index in [-0.39, 0.29) is 30.4 Å². The Morgan fingerprint density at radius 3 is 2.24 bits per heavy atom. The highest BCUT2D eigenvalue weighted by molar-refractivity contribution is 6.03. The first-order chi connectivity index (χ1) is 16.1. The summed E-state index contributed by atoms with van der Waals surface area (Å²) in [5.41, 5.74) is 0. The summed E-state index contributed by atoms with van der Waals surface area (Å²) in [6.45, 7) is 0.229. The number of imidazole rings is 1. The molecule has 0 saturated carbocycles. The van der Waals surface area contributed by atoms with E-state index >= 15 is 0 Å². The van der Waals surface area contributed by atoms with Crippen molar-refractivity contribution in [1.29, 1.82) is 5.26 Å². The third-order valence-electron chi connectivity index (χ3n) is 4.66. The van der Waals surface area contributed by atoms with Gasteiger partial charge in [0.15, 0.2) is 11.6 Å². The number of nitrogens with one attached hydrogen (secondary N) is 1. The molecule has 0 saturated heterocycles. The van der Waals surface area contributed by atoms with Crippen molar-refractivity contribution < 1.29 is 19.3 Å². The highest BCUT2D eigenvalue weighted by atomic mass is 16.6. The van der Waals surface area contributed by atoms with Gasteiger partial charge in [0.1, 0.15) is 6.20 Å². The van der Waals surface area contributed by atoms with Gasteiger partial charge >= 0.3 is 29.6 Å². The van der Waals surface area contributed by atoms with Crippen LogP contribution in [0.1, 0.15) is 17.0 Å². The minimum Gasteiger partial charge on any atom is -0.358 e. The maximum Gasteiger partial charge on any atom is 0.382 e. The van der Waals surface area contributed by atoms with E-state index in [4.69, 9.17) is 5.26 Å². The van der Waals surface area contributed by atoms with Gasteiger partial charge in [0.05, 0.1) is 12.5 Å². The van der Waals surface area contributed by atoms with Crippen LogP contribution >= 0.6 is 0 Å². The van der Waals surface area contributed by atoms with Crippen molar-refractivity contribution in [2.45, 2.75) is 6.42 Å². The molecule has 0 aliphatic heterocycles. The lowest BCUT2D eigenvalue weighted by Crippen LogP contribution is -2.34. The van der Waals surface area contributed by atoms with E-state index in [0.717, 1.165) is 25.4 Å². The molecule has 16 nitrogen and oxygen atoms in total. The van der Waals surface area contributed by atoms with Crippen molar-refractivity contribution in [2.75, 3.05) is 37.5 Å². The van der Waals surface area contributed by atoms with Crippen LogP contribution in [0.3, 0.4) is 0 Å². The number of H-pyrrole nitrogens is 1. The fourth-order valence-electron chi connectivity index (χ4n) is 2.72. The van der Waals surface area contributed by atoms with Crippen molar-refractivity contribution in [2.24, 2.45) is 0 Å². The van der Waals surface area contributed by atoms with Crippen LogP contribution in [0.4, 0.5) is 27.0 Å². The van der Waals surface area contributed by atoms with Crippen LogP contribution in [-0.4, -0.2) is 85.0 Å². The molecule has 0 unspecified atom stereocenters. The Morgan fingerprint density at radius 2 is 1.68 bits per heavy atom. The Kier molecular flexibility index (Phi) is 6.66. The van der Waals surface area contributed by atoms with E-state index in [1.807, 2.05) is 6.07 Å². The third kappa shape index (κ3) is 4.72. The van der Waals surface area contributed by atoms with Gasteiger partial charge in [0, 0.05) is 52.2 Å². The standard InChI is InChI=1S/C18H19N11O5/c1-24(8-4-7-19)17(31)27-9-6-13(23-27)26(3)18(32)28-10-5-12(22-28)25(2)16(30)15-20-11-14(21-15)29(33)34/h5-6,9-11H,4,8H2,1-3H3,(H,20,21). The Bertz CT molecular complexity index is 1280. The van der Waals surface area contributed by atoms with Crippen LogP contribution < -0.4 is 9.80 Å². The molecule has 3 aromatic heterocycles. The Morgan fingerprint density at radius 1 is 1.09 bits per heavy atom. The molecule has 3 heterocycles. The van der Waals surface area contributed by atoms with Crippen molar-refractivity contribution in [3.63, 3.8) is 0 Å². The fourth-order valence-corrected chi connectivity index (χ4v) is 2.72. The van der Waals surface area contributed by atoms with E-state index in [9.17, 15) is 24.5 Å². The SMILES string of the molecule is CN(CCC#N)C(=O)n1ccc(N(C)C(=O)n2ccc(N(C)C(=O)c3nc([N+](=O)[O-])c[nH]3)n2)n1. The lowest BCUT2D eigenvalue weighted by molar-refractivity contribution is -0.389. The first kappa shape index (κ1) is 23.6. The summed E-state index contributed by atoms with van der Waals surface area (Å²) >= 11 is 0. The molecule has 0 aromatic carbocycles. The quantitative estimate of drug-likeness (QED) is 0.403. The molecule has 3 rings (SSSR count). The highest BCUT2D eigenvalue weighted by Crippen LogP contribution is 2.16. The molecule has 16 heteroatoms. The molecule has 0 radical (unpaired) electrons. The van der Waals surface area contributed by atoms with Gasteiger partial charge in [-0.05, 0) is 9.91 Å². The summed E-state index contributed by atoms with van der Waals surface area (Å²) in [5, 5.41) is 27.5. The molecule has 3 aromatic rings. The first-order valence-electron chi connectivity index (χ1n) is 9.63. The fraction of sp³-hybridized carbons (Fsp3) is 0.278. The zero-order chi connectivity index (χ0) is 25.0.